The summed E-state index contributed by atoms with van der Waals surface area (Å²) in [5.74, 6) is 2.01. The number of aromatic nitrogens is 3. The number of rotatable bonds is 6. The summed E-state index contributed by atoms with van der Waals surface area (Å²) >= 11 is 0. The van der Waals surface area contributed by atoms with Crippen molar-refractivity contribution in [3.8, 4) is 0 Å². The molecule has 166 valence electrons. The van der Waals surface area contributed by atoms with E-state index in [-0.39, 0.29) is 12.0 Å². The van der Waals surface area contributed by atoms with Crippen LogP contribution in [0.4, 0.5) is 11.6 Å². The molecule has 0 aliphatic carbocycles. The van der Waals surface area contributed by atoms with Crippen molar-refractivity contribution in [3.63, 3.8) is 0 Å². The van der Waals surface area contributed by atoms with E-state index in [9.17, 15) is 0 Å². The van der Waals surface area contributed by atoms with Gasteiger partial charge in [0.2, 0.25) is 0 Å². The molecule has 0 spiro atoms. The second-order valence-electron chi connectivity index (χ2n) is 8.26. The molecule has 1 atom stereocenters. The zero-order valence-corrected chi connectivity index (χ0v) is 17.8. The fourth-order valence-electron chi connectivity index (χ4n) is 4.40. The van der Waals surface area contributed by atoms with Gasteiger partial charge in [0.15, 0.2) is 5.65 Å². The standard InChI is InChI=1S/C22H30N6O3/c23-17(16-4-10-29-11-5-16)3-6-24-20-15-22(27-7-12-30-13-8-27)28-21(25-20)14-18(26-28)19-2-1-9-31-19/h3,6,14-16,19,23H,1-2,4-5,7-13H2,(H,24,25)/b6-3-,23-17?. The van der Waals surface area contributed by atoms with E-state index in [2.05, 4.69) is 10.2 Å². The maximum absolute atomic E-state index is 8.33. The van der Waals surface area contributed by atoms with Crippen molar-refractivity contribution < 1.29 is 14.2 Å². The number of hydrogen-bond donors (Lipinski definition) is 2. The molecule has 0 radical (unpaired) electrons. The summed E-state index contributed by atoms with van der Waals surface area (Å²) in [7, 11) is 0. The van der Waals surface area contributed by atoms with Crippen molar-refractivity contribution in [1.82, 2.24) is 14.6 Å². The van der Waals surface area contributed by atoms with Crippen LogP contribution in [0, 0.1) is 11.3 Å². The fourth-order valence-corrected chi connectivity index (χ4v) is 4.40. The predicted molar refractivity (Wildman–Crippen MR) is 118 cm³/mol. The van der Waals surface area contributed by atoms with Gasteiger partial charge in [-0.25, -0.2) is 4.98 Å². The van der Waals surface area contributed by atoms with Crippen LogP contribution < -0.4 is 10.2 Å². The van der Waals surface area contributed by atoms with E-state index < -0.39 is 0 Å². The summed E-state index contributed by atoms with van der Waals surface area (Å²) in [6.45, 7) is 5.31. The molecule has 5 heterocycles. The number of fused-ring (bicyclic) bond motifs is 1. The first kappa shape index (κ1) is 20.4. The molecule has 2 aromatic rings. The highest BCUT2D eigenvalue weighted by Crippen LogP contribution is 2.30. The second kappa shape index (κ2) is 9.33. The monoisotopic (exact) mass is 426 g/mol. The normalized spacial score (nSPS) is 23.1. The third-order valence-corrected chi connectivity index (χ3v) is 6.18. The zero-order chi connectivity index (χ0) is 21.0. The van der Waals surface area contributed by atoms with E-state index in [0.29, 0.717) is 18.9 Å². The quantitative estimate of drug-likeness (QED) is 0.686. The summed E-state index contributed by atoms with van der Waals surface area (Å²) in [5.41, 5.74) is 2.37. The van der Waals surface area contributed by atoms with Crippen molar-refractivity contribution >= 4 is 23.0 Å². The first-order valence-corrected chi connectivity index (χ1v) is 11.2. The Morgan fingerprint density at radius 3 is 2.65 bits per heavy atom. The average molecular weight is 427 g/mol. The Morgan fingerprint density at radius 2 is 1.87 bits per heavy atom. The Labute approximate surface area is 181 Å². The van der Waals surface area contributed by atoms with Crippen LogP contribution in [0.15, 0.2) is 24.4 Å². The van der Waals surface area contributed by atoms with E-state index in [1.165, 1.54) is 0 Å². The number of ether oxygens (including phenoxy) is 3. The molecule has 9 heteroatoms. The minimum absolute atomic E-state index is 0.0514. The molecule has 0 amide bonds. The van der Waals surface area contributed by atoms with Crippen molar-refractivity contribution in [3.05, 3.63) is 30.1 Å². The SMILES string of the molecule is N=C(/C=C\Nc1cc(N2CCOCC2)n2nc(C3CCCO3)cc2n1)C1CCOCC1. The molecule has 3 aliphatic heterocycles. The number of anilines is 2. The molecule has 31 heavy (non-hydrogen) atoms. The van der Waals surface area contributed by atoms with Gasteiger partial charge in [0.1, 0.15) is 17.7 Å². The van der Waals surface area contributed by atoms with Crippen LogP contribution in [0.5, 0.6) is 0 Å². The molecule has 3 aliphatic rings. The molecule has 1 unspecified atom stereocenters. The lowest BCUT2D eigenvalue weighted by Gasteiger charge is -2.29. The maximum atomic E-state index is 8.33. The van der Waals surface area contributed by atoms with Crippen molar-refractivity contribution in [1.29, 1.82) is 5.41 Å². The molecule has 3 saturated heterocycles. The number of morpholine rings is 1. The Morgan fingerprint density at radius 1 is 1.06 bits per heavy atom. The summed E-state index contributed by atoms with van der Waals surface area (Å²) in [4.78, 5) is 7.05. The highest BCUT2D eigenvalue weighted by Gasteiger charge is 2.24. The molecular formula is C22H30N6O3. The highest BCUT2D eigenvalue weighted by atomic mass is 16.5. The lowest BCUT2D eigenvalue weighted by molar-refractivity contribution is 0.0828. The van der Waals surface area contributed by atoms with Crippen molar-refractivity contribution in [2.75, 3.05) is 56.3 Å². The third-order valence-electron chi connectivity index (χ3n) is 6.18. The van der Waals surface area contributed by atoms with Crippen LogP contribution in [-0.2, 0) is 14.2 Å². The van der Waals surface area contributed by atoms with E-state index in [1.807, 2.05) is 28.9 Å². The number of nitrogens with zero attached hydrogens (tertiary/aromatic N) is 4. The van der Waals surface area contributed by atoms with Gasteiger partial charge in [-0.05, 0) is 31.8 Å². The van der Waals surface area contributed by atoms with E-state index in [0.717, 1.165) is 81.6 Å². The Kier molecular flexibility index (Phi) is 6.15. The topological polar surface area (TPSA) is 97.0 Å². The minimum atomic E-state index is 0.0514. The Balaban J connectivity index is 1.39. The van der Waals surface area contributed by atoms with Crippen LogP contribution in [0.1, 0.15) is 37.5 Å². The zero-order valence-electron chi connectivity index (χ0n) is 17.8. The molecule has 2 aromatic heterocycles. The minimum Gasteiger partial charge on any atom is -0.381 e. The van der Waals surface area contributed by atoms with Crippen LogP contribution in [0.25, 0.3) is 5.65 Å². The Bertz CT molecular complexity index is 940. The smallest absolute Gasteiger partial charge is 0.160 e. The van der Waals surface area contributed by atoms with Gasteiger partial charge in [-0.3, -0.25) is 0 Å². The molecule has 0 aromatic carbocycles. The predicted octanol–water partition coefficient (Wildman–Crippen LogP) is 2.79. The largest absolute Gasteiger partial charge is 0.381 e. The average Bonchev–Trinajstić information content (AvgIpc) is 3.49. The molecule has 0 bridgehead atoms. The van der Waals surface area contributed by atoms with E-state index >= 15 is 0 Å². The molecule has 3 fully saturated rings. The van der Waals surface area contributed by atoms with Gasteiger partial charge in [0.05, 0.1) is 18.9 Å². The number of hydrogen-bond acceptors (Lipinski definition) is 8. The van der Waals surface area contributed by atoms with Gasteiger partial charge in [0, 0.05) is 62.9 Å². The maximum Gasteiger partial charge on any atom is 0.160 e. The molecule has 0 saturated carbocycles. The third kappa shape index (κ3) is 4.58. The van der Waals surface area contributed by atoms with E-state index in [4.69, 9.17) is 29.7 Å². The Hall–Kier alpha value is -2.49. The van der Waals surface area contributed by atoms with Gasteiger partial charge < -0.3 is 29.8 Å². The summed E-state index contributed by atoms with van der Waals surface area (Å²) in [5, 5.41) is 16.4. The summed E-state index contributed by atoms with van der Waals surface area (Å²) in [6.07, 6.45) is 7.60. The van der Waals surface area contributed by atoms with Gasteiger partial charge in [0.25, 0.3) is 0 Å². The fraction of sp³-hybridized carbons (Fsp3) is 0.591. The van der Waals surface area contributed by atoms with Crippen LogP contribution in [-0.4, -0.2) is 66.4 Å². The summed E-state index contributed by atoms with van der Waals surface area (Å²) < 4.78 is 18.7. The van der Waals surface area contributed by atoms with Crippen LogP contribution in [0.2, 0.25) is 0 Å². The van der Waals surface area contributed by atoms with Gasteiger partial charge in [-0.1, -0.05) is 0 Å². The van der Waals surface area contributed by atoms with Gasteiger partial charge in [-0.15, -0.1) is 0 Å². The van der Waals surface area contributed by atoms with Crippen molar-refractivity contribution in [2.45, 2.75) is 31.8 Å². The second-order valence-corrected chi connectivity index (χ2v) is 8.26. The number of nitrogens with one attached hydrogen (secondary N) is 2. The highest BCUT2D eigenvalue weighted by molar-refractivity contribution is 5.94. The molecule has 5 rings (SSSR count). The molecular weight excluding hydrogens is 396 g/mol. The van der Waals surface area contributed by atoms with Crippen molar-refractivity contribution in [2.24, 2.45) is 5.92 Å². The van der Waals surface area contributed by atoms with Crippen LogP contribution >= 0.6 is 0 Å². The first-order valence-electron chi connectivity index (χ1n) is 11.2. The first-order chi connectivity index (χ1) is 15.3. The van der Waals surface area contributed by atoms with E-state index in [1.54, 1.807) is 0 Å². The molecule has 9 nitrogen and oxygen atoms in total. The van der Waals surface area contributed by atoms with Gasteiger partial charge >= 0.3 is 0 Å². The van der Waals surface area contributed by atoms with Crippen LogP contribution in [0.3, 0.4) is 0 Å². The lowest BCUT2D eigenvalue weighted by atomic mass is 9.95. The summed E-state index contributed by atoms with van der Waals surface area (Å²) in [6, 6.07) is 4.05. The lowest BCUT2D eigenvalue weighted by Crippen LogP contribution is -2.37. The molecule has 2 N–H and O–H groups in total. The van der Waals surface area contributed by atoms with Gasteiger partial charge in [-0.2, -0.15) is 9.61 Å². The number of allylic oxidation sites excluding steroid dienone is 1.